The van der Waals surface area contributed by atoms with Crippen LogP contribution in [0.15, 0.2) is 91.5 Å². The third kappa shape index (κ3) is 5.53. The maximum Gasteiger partial charge on any atom is 0.338 e. The number of anilines is 1. The number of nitrogens with one attached hydrogen (secondary N) is 1. The monoisotopic (exact) mass is 447 g/mol. The van der Waals surface area contributed by atoms with Crippen molar-refractivity contribution in [3.8, 4) is 23.0 Å². The van der Waals surface area contributed by atoms with Crippen LogP contribution in [0.25, 0.3) is 11.1 Å². The van der Waals surface area contributed by atoms with Crippen LogP contribution in [0, 0.1) is 11.8 Å². The number of carbonyl (C=O) groups is 2. The van der Waals surface area contributed by atoms with Crippen LogP contribution >= 0.6 is 0 Å². The molecule has 0 bridgehead atoms. The van der Waals surface area contributed by atoms with Gasteiger partial charge in [-0.05, 0) is 35.9 Å². The number of nitrogens with zero attached hydrogens (tertiary/aromatic N) is 2. The number of benzene rings is 2. The molecule has 0 atom stereocenters. The van der Waals surface area contributed by atoms with Gasteiger partial charge < -0.3 is 10.1 Å². The molecule has 6 nitrogen and oxygen atoms in total. The van der Waals surface area contributed by atoms with Gasteiger partial charge in [-0.25, -0.2) is 4.79 Å². The van der Waals surface area contributed by atoms with E-state index in [1.165, 1.54) is 13.3 Å². The van der Waals surface area contributed by atoms with Crippen molar-refractivity contribution >= 4 is 17.6 Å². The summed E-state index contributed by atoms with van der Waals surface area (Å²) in [5.74, 6) is 5.50. The molecule has 6 heteroatoms. The predicted molar refractivity (Wildman–Crippen MR) is 130 cm³/mol. The molecule has 2 aromatic carbocycles. The van der Waals surface area contributed by atoms with Gasteiger partial charge in [-0.1, -0.05) is 48.2 Å². The molecule has 166 valence electrons. The van der Waals surface area contributed by atoms with Crippen LogP contribution in [0.3, 0.4) is 0 Å². The molecule has 0 fully saturated rings. The van der Waals surface area contributed by atoms with Gasteiger partial charge in [0.2, 0.25) is 5.91 Å². The number of esters is 1. The number of rotatable bonds is 5. The summed E-state index contributed by atoms with van der Waals surface area (Å²) in [7, 11) is 1.33. The fourth-order valence-corrected chi connectivity index (χ4v) is 3.41. The van der Waals surface area contributed by atoms with Crippen molar-refractivity contribution in [3.05, 3.63) is 114 Å². The number of pyridine rings is 2. The summed E-state index contributed by atoms with van der Waals surface area (Å²) in [6, 6.07) is 20.2. The van der Waals surface area contributed by atoms with E-state index in [1.807, 2.05) is 54.6 Å². The second-order valence-corrected chi connectivity index (χ2v) is 7.38. The first-order chi connectivity index (χ1) is 16.6. The van der Waals surface area contributed by atoms with Crippen LogP contribution < -0.4 is 5.32 Å². The molecule has 0 radical (unpaired) electrons. The Hall–Kier alpha value is -4.76. The zero-order valence-corrected chi connectivity index (χ0v) is 18.5. The van der Waals surface area contributed by atoms with Crippen LogP contribution in [0.2, 0.25) is 0 Å². The van der Waals surface area contributed by atoms with Crippen molar-refractivity contribution in [1.29, 1.82) is 0 Å². The second-order valence-electron chi connectivity index (χ2n) is 7.38. The SMILES string of the molecule is COC(=O)c1ccncc1-c1ccc(C#Cc2cccnc2)cc1NC(=O)Cc1ccccc1. The molecule has 1 N–H and O–H groups in total. The fourth-order valence-electron chi connectivity index (χ4n) is 3.41. The summed E-state index contributed by atoms with van der Waals surface area (Å²) in [4.78, 5) is 33.5. The Balaban J connectivity index is 1.73. The highest BCUT2D eigenvalue weighted by Crippen LogP contribution is 2.31. The molecule has 34 heavy (non-hydrogen) atoms. The van der Waals surface area contributed by atoms with E-state index < -0.39 is 5.97 Å². The molecule has 2 aromatic heterocycles. The summed E-state index contributed by atoms with van der Waals surface area (Å²) in [6.45, 7) is 0. The van der Waals surface area contributed by atoms with Crippen LogP contribution in [0.1, 0.15) is 27.0 Å². The fraction of sp³-hybridized carbons (Fsp3) is 0.0714. The number of amides is 1. The Morgan fingerprint density at radius 2 is 1.65 bits per heavy atom. The second kappa shape index (κ2) is 10.7. The van der Waals surface area contributed by atoms with Crippen molar-refractivity contribution in [2.75, 3.05) is 12.4 Å². The van der Waals surface area contributed by atoms with E-state index >= 15 is 0 Å². The number of hydrogen-bond acceptors (Lipinski definition) is 5. The van der Waals surface area contributed by atoms with Crippen molar-refractivity contribution < 1.29 is 14.3 Å². The summed E-state index contributed by atoms with van der Waals surface area (Å²) in [5, 5.41) is 2.98. The minimum absolute atomic E-state index is 0.187. The van der Waals surface area contributed by atoms with E-state index in [9.17, 15) is 9.59 Å². The lowest BCUT2D eigenvalue weighted by Crippen LogP contribution is -2.15. The largest absolute Gasteiger partial charge is 0.465 e. The standard InChI is InChI=1S/C28H21N3O3/c1-34-28(33)24-13-15-30-19-25(24)23-12-11-21(9-10-22-8-5-14-29-18-22)16-26(23)31-27(32)17-20-6-3-2-4-7-20/h2-8,11-16,18-19H,17H2,1H3,(H,31,32). The average molecular weight is 447 g/mol. The number of methoxy groups -OCH3 is 1. The van der Waals surface area contributed by atoms with Gasteiger partial charge in [0.05, 0.1) is 19.1 Å². The maximum atomic E-state index is 12.9. The van der Waals surface area contributed by atoms with Crippen molar-refractivity contribution in [2.45, 2.75) is 6.42 Å². The van der Waals surface area contributed by atoms with Crippen molar-refractivity contribution in [1.82, 2.24) is 9.97 Å². The lowest BCUT2D eigenvalue weighted by molar-refractivity contribution is -0.115. The Kier molecular flexibility index (Phi) is 7.06. The molecule has 2 heterocycles. The lowest BCUT2D eigenvalue weighted by atomic mass is 9.98. The number of hydrogen-bond donors (Lipinski definition) is 1. The number of aromatic nitrogens is 2. The minimum atomic E-state index is -0.487. The molecule has 0 unspecified atom stereocenters. The molecule has 0 saturated carbocycles. The van der Waals surface area contributed by atoms with E-state index in [0.717, 1.165) is 11.1 Å². The van der Waals surface area contributed by atoms with Gasteiger partial charge in [0.15, 0.2) is 0 Å². The first-order valence-corrected chi connectivity index (χ1v) is 10.6. The Bertz CT molecular complexity index is 1370. The van der Waals surface area contributed by atoms with Gasteiger partial charge >= 0.3 is 5.97 Å². The topological polar surface area (TPSA) is 81.2 Å². The normalized spacial score (nSPS) is 10.0. The van der Waals surface area contributed by atoms with E-state index in [-0.39, 0.29) is 12.3 Å². The molecule has 0 aliphatic carbocycles. The summed E-state index contributed by atoms with van der Waals surface area (Å²) in [5.41, 5.74) is 4.44. The maximum absolute atomic E-state index is 12.9. The average Bonchev–Trinajstić information content (AvgIpc) is 2.88. The number of ether oxygens (including phenoxy) is 1. The molecule has 0 spiro atoms. The zero-order valence-electron chi connectivity index (χ0n) is 18.5. The van der Waals surface area contributed by atoms with Crippen LogP contribution in [0.5, 0.6) is 0 Å². The van der Waals surface area contributed by atoms with Crippen molar-refractivity contribution in [2.24, 2.45) is 0 Å². The molecule has 1 amide bonds. The van der Waals surface area contributed by atoms with Gasteiger partial charge in [0, 0.05) is 52.7 Å². The molecular weight excluding hydrogens is 426 g/mol. The minimum Gasteiger partial charge on any atom is -0.465 e. The van der Waals surface area contributed by atoms with Gasteiger partial charge in [0.25, 0.3) is 0 Å². The zero-order chi connectivity index (χ0) is 23.8. The quantitative estimate of drug-likeness (QED) is 0.360. The predicted octanol–water partition coefficient (Wildman–Crippen LogP) is 4.51. The molecule has 4 aromatic rings. The Morgan fingerprint density at radius 3 is 2.41 bits per heavy atom. The van der Waals surface area contributed by atoms with Gasteiger partial charge in [-0.2, -0.15) is 0 Å². The highest BCUT2D eigenvalue weighted by Gasteiger charge is 2.17. The number of carbonyl (C=O) groups excluding carboxylic acids is 2. The van der Waals surface area contributed by atoms with E-state index in [0.29, 0.717) is 27.9 Å². The molecule has 0 aliphatic rings. The lowest BCUT2D eigenvalue weighted by Gasteiger charge is -2.14. The highest BCUT2D eigenvalue weighted by atomic mass is 16.5. The van der Waals surface area contributed by atoms with Gasteiger partial charge in [0.1, 0.15) is 0 Å². The van der Waals surface area contributed by atoms with E-state index in [1.54, 1.807) is 30.7 Å². The first kappa shape index (κ1) is 22.4. The Labute approximate surface area is 197 Å². The summed E-state index contributed by atoms with van der Waals surface area (Å²) >= 11 is 0. The van der Waals surface area contributed by atoms with Gasteiger partial charge in [-0.3, -0.25) is 14.8 Å². The van der Waals surface area contributed by atoms with Crippen LogP contribution in [0.4, 0.5) is 5.69 Å². The first-order valence-electron chi connectivity index (χ1n) is 10.6. The van der Waals surface area contributed by atoms with Crippen molar-refractivity contribution in [3.63, 3.8) is 0 Å². The smallest absolute Gasteiger partial charge is 0.338 e. The van der Waals surface area contributed by atoms with Gasteiger partial charge in [-0.15, -0.1) is 0 Å². The summed E-state index contributed by atoms with van der Waals surface area (Å²) < 4.78 is 4.93. The van der Waals surface area contributed by atoms with E-state index in [4.69, 9.17) is 4.74 Å². The van der Waals surface area contributed by atoms with Crippen LogP contribution in [-0.2, 0) is 16.0 Å². The Morgan fingerprint density at radius 1 is 0.853 bits per heavy atom. The third-order valence-corrected chi connectivity index (χ3v) is 5.03. The summed E-state index contributed by atoms with van der Waals surface area (Å²) in [6.07, 6.45) is 6.69. The molecular formula is C28H21N3O3. The van der Waals surface area contributed by atoms with E-state index in [2.05, 4.69) is 27.1 Å². The third-order valence-electron chi connectivity index (χ3n) is 5.03. The molecule has 0 aliphatic heterocycles. The molecule has 4 rings (SSSR count). The highest BCUT2D eigenvalue weighted by molar-refractivity contribution is 6.02. The van der Waals surface area contributed by atoms with Crippen LogP contribution in [-0.4, -0.2) is 29.0 Å². The molecule has 0 saturated heterocycles.